The van der Waals surface area contributed by atoms with E-state index in [1.807, 2.05) is 32.0 Å². The van der Waals surface area contributed by atoms with E-state index in [2.05, 4.69) is 10.4 Å². The van der Waals surface area contributed by atoms with Gasteiger partial charge in [-0.1, -0.05) is 6.07 Å². The Bertz CT molecular complexity index is 1330. The Balaban J connectivity index is 1.34. The fourth-order valence-electron chi connectivity index (χ4n) is 3.41. The molecule has 0 aliphatic rings. The number of carbonyl (C=O) groups is 1. The van der Waals surface area contributed by atoms with Crippen molar-refractivity contribution in [3.63, 3.8) is 0 Å². The third-order valence-corrected chi connectivity index (χ3v) is 4.99. The molecule has 4 rings (SSSR count). The average Bonchev–Trinajstić information content (AvgIpc) is 3.50. The summed E-state index contributed by atoms with van der Waals surface area (Å²) in [6, 6.07) is 11.7. The predicted octanol–water partition coefficient (Wildman–Crippen LogP) is 5.43. The summed E-state index contributed by atoms with van der Waals surface area (Å²) in [6.07, 6.45) is 3.22. The number of benzene rings is 2. The predicted molar refractivity (Wildman–Crippen MR) is 127 cm³/mol. The summed E-state index contributed by atoms with van der Waals surface area (Å²) in [6.45, 7) is 5.22. The zero-order chi connectivity index (χ0) is 25.5. The summed E-state index contributed by atoms with van der Waals surface area (Å²) in [5, 5.41) is 7.01. The third-order valence-electron chi connectivity index (χ3n) is 4.99. The van der Waals surface area contributed by atoms with Crippen molar-refractivity contribution in [3.05, 3.63) is 89.6 Å². The van der Waals surface area contributed by atoms with Gasteiger partial charge >= 0.3 is 0 Å². The normalized spacial score (nSPS) is 10.8. The minimum Gasteiger partial charge on any atom is -0.490 e. The van der Waals surface area contributed by atoms with Gasteiger partial charge in [0, 0.05) is 12.3 Å². The zero-order valence-electron chi connectivity index (χ0n) is 19.8. The molecule has 8 nitrogen and oxygen atoms in total. The van der Waals surface area contributed by atoms with E-state index in [9.17, 15) is 13.6 Å². The largest absolute Gasteiger partial charge is 0.490 e. The number of ether oxygens (including phenoxy) is 3. The van der Waals surface area contributed by atoms with Gasteiger partial charge in [0.1, 0.15) is 18.2 Å². The number of aromatic nitrogens is 2. The molecule has 0 spiro atoms. The lowest BCUT2D eigenvalue weighted by Gasteiger charge is -2.12. The average molecular weight is 497 g/mol. The van der Waals surface area contributed by atoms with Crippen molar-refractivity contribution in [3.8, 4) is 17.2 Å². The van der Waals surface area contributed by atoms with E-state index in [1.165, 1.54) is 18.3 Å². The van der Waals surface area contributed by atoms with Crippen LogP contribution in [0.5, 0.6) is 17.2 Å². The maximum absolute atomic E-state index is 13.7. The number of nitrogens with zero attached hydrogens (tertiary/aromatic N) is 2. The highest BCUT2D eigenvalue weighted by Gasteiger charge is 2.14. The van der Waals surface area contributed by atoms with Crippen molar-refractivity contribution in [1.29, 1.82) is 0 Å². The van der Waals surface area contributed by atoms with Crippen molar-refractivity contribution < 1.29 is 32.2 Å². The Morgan fingerprint density at radius 2 is 1.75 bits per heavy atom. The van der Waals surface area contributed by atoms with Crippen LogP contribution in [-0.4, -0.2) is 28.9 Å². The van der Waals surface area contributed by atoms with Crippen LogP contribution in [0, 0.1) is 11.6 Å². The number of carbonyl (C=O) groups excluding carboxylic acids is 1. The zero-order valence-corrected chi connectivity index (χ0v) is 19.8. The van der Waals surface area contributed by atoms with Gasteiger partial charge in [0.25, 0.3) is 5.91 Å². The molecule has 0 unspecified atom stereocenters. The fourth-order valence-corrected chi connectivity index (χ4v) is 3.41. The highest BCUT2D eigenvalue weighted by molar-refractivity contribution is 6.02. The molecule has 0 bridgehead atoms. The summed E-state index contributed by atoms with van der Waals surface area (Å²) in [5.41, 5.74) is 1.44. The fraction of sp³-hybridized carbons (Fsp3) is 0.231. The number of rotatable bonds is 11. The van der Waals surface area contributed by atoms with Gasteiger partial charge in [0.15, 0.2) is 28.8 Å². The quantitative estimate of drug-likeness (QED) is 0.297. The molecular weight excluding hydrogens is 472 g/mol. The van der Waals surface area contributed by atoms with Crippen LogP contribution in [0.15, 0.2) is 65.3 Å². The smallest absolute Gasteiger partial charge is 0.291 e. The van der Waals surface area contributed by atoms with Crippen LogP contribution in [0.1, 0.15) is 35.7 Å². The van der Waals surface area contributed by atoms with Crippen LogP contribution < -0.4 is 19.5 Å². The highest BCUT2D eigenvalue weighted by Crippen LogP contribution is 2.29. The van der Waals surface area contributed by atoms with Gasteiger partial charge in [-0.05, 0) is 55.8 Å². The molecule has 188 valence electrons. The Labute approximate surface area is 206 Å². The van der Waals surface area contributed by atoms with E-state index in [0.717, 1.165) is 17.7 Å². The Kier molecular flexibility index (Phi) is 7.84. The number of anilines is 1. The summed E-state index contributed by atoms with van der Waals surface area (Å²) in [5.74, 6) is -0.417. The lowest BCUT2D eigenvalue weighted by molar-refractivity contribution is 0.0992. The molecule has 1 N–H and O–H groups in total. The second-order valence-corrected chi connectivity index (χ2v) is 7.66. The summed E-state index contributed by atoms with van der Waals surface area (Å²) < 4.78 is 50.4. The molecule has 0 aliphatic carbocycles. The first-order valence-electron chi connectivity index (χ1n) is 11.3. The van der Waals surface area contributed by atoms with Crippen molar-refractivity contribution in [2.45, 2.75) is 27.0 Å². The molecule has 0 atom stereocenters. The molecule has 0 aliphatic heterocycles. The molecule has 2 aromatic heterocycles. The van der Waals surface area contributed by atoms with Crippen LogP contribution in [0.4, 0.5) is 14.5 Å². The van der Waals surface area contributed by atoms with Crippen LogP contribution in [-0.2, 0) is 13.2 Å². The molecule has 10 heteroatoms. The molecule has 4 aromatic rings. The van der Waals surface area contributed by atoms with Gasteiger partial charge < -0.3 is 23.9 Å². The van der Waals surface area contributed by atoms with Gasteiger partial charge in [-0.3, -0.25) is 9.48 Å². The summed E-state index contributed by atoms with van der Waals surface area (Å²) in [4.78, 5) is 12.6. The van der Waals surface area contributed by atoms with Crippen molar-refractivity contribution in [1.82, 2.24) is 9.78 Å². The van der Waals surface area contributed by atoms with E-state index in [4.69, 9.17) is 18.6 Å². The molecule has 36 heavy (non-hydrogen) atoms. The Hall–Kier alpha value is -4.34. The molecule has 2 aromatic carbocycles. The van der Waals surface area contributed by atoms with Gasteiger partial charge in [0.2, 0.25) is 0 Å². The molecule has 0 fully saturated rings. The number of hydrogen-bond acceptors (Lipinski definition) is 6. The monoisotopic (exact) mass is 497 g/mol. The Morgan fingerprint density at radius 1 is 0.972 bits per heavy atom. The van der Waals surface area contributed by atoms with E-state index < -0.39 is 17.5 Å². The highest BCUT2D eigenvalue weighted by atomic mass is 19.1. The van der Waals surface area contributed by atoms with E-state index in [-0.39, 0.29) is 18.1 Å². The van der Waals surface area contributed by atoms with Crippen LogP contribution in [0.3, 0.4) is 0 Å². The first-order valence-corrected chi connectivity index (χ1v) is 11.3. The van der Waals surface area contributed by atoms with Crippen LogP contribution in [0.2, 0.25) is 0 Å². The number of nitrogens with one attached hydrogen (secondary N) is 1. The van der Waals surface area contributed by atoms with Crippen molar-refractivity contribution in [2.75, 3.05) is 18.5 Å². The molecule has 2 heterocycles. The minimum atomic E-state index is -0.823. The van der Waals surface area contributed by atoms with Gasteiger partial charge in [-0.15, -0.1) is 0 Å². The van der Waals surface area contributed by atoms with Gasteiger partial charge in [0.05, 0.1) is 31.6 Å². The standard InChI is InChI=1S/C26H25F2N3O5/c1-3-33-23-8-5-17(11-25(23)34-4-2)14-31-15-19(13-29-31)30-26(32)24-10-7-20(36-24)16-35-22-9-6-18(27)12-21(22)28/h5-13,15H,3-4,14,16H2,1-2H3,(H,30,32). The number of furan rings is 1. The second-order valence-electron chi connectivity index (χ2n) is 7.66. The van der Waals surface area contributed by atoms with Crippen molar-refractivity contribution in [2.24, 2.45) is 0 Å². The number of hydrogen-bond donors (Lipinski definition) is 1. The minimum absolute atomic E-state index is 0.0498. The number of amides is 1. The van der Waals surface area contributed by atoms with E-state index in [1.54, 1.807) is 16.9 Å². The van der Waals surface area contributed by atoms with E-state index in [0.29, 0.717) is 42.7 Å². The third kappa shape index (κ3) is 6.21. The molecule has 1 amide bonds. The van der Waals surface area contributed by atoms with Gasteiger partial charge in [-0.25, -0.2) is 8.78 Å². The Morgan fingerprint density at radius 3 is 2.53 bits per heavy atom. The molecule has 0 radical (unpaired) electrons. The molecule has 0 saturated carbocycles. The maximum Gasteiger partial charge on any atom is 0.291 e. The van der Waals surface area contributed by atoms with Crippen molar-refractivity contribution >= 4 is 11.6 Å². The number of halogens is 2. The van der Waals surface area contributed by atoms with Crippen LogP contribution in [0.25, 0.3) is 0 Å². The van der Waals surface area contributed by atoms with E-state index >= 15 is 0 Å². The SMILES string of the molecule is CCOc1ccc(Cn2cc(NC(=O)c3ccc(COc4ccc(F)cc4F)o3)cn2)cc1OCC. The first-order chi connectivity index (χ1) is 17.4. The van der Waals surface area contributed by atoms with Gasteiger partial charge in [-0.2, -0.15) is 5.10 Å². The van der Waals surface area contributed by atoms with Crippen LogP contribution >= 0.6 is 0 Å². The summed E-state index contributed by atoms with van der Waals surface area (Å²) >= 11 is 0. The molecule has 0 saturated heterocycles. The second kappa shape index (κ2) is 11.4. The first kappa shape index (κ1) is 24.8. The molecular formula is C26H25F2N3O5. The maximum atomic E-state index is 13.7. The lowest BCUT2D eigenvalue weighted by atomic mass is 10.2. The summed E-state index contributed by atoms with van der Waals surface area (Å²) in [7, 11) is 0. The topological polar surface area (TPSA) is 87.8 Å². The lowest BCUT2D eigenvalue weighted by Crippen LogP contribution is -2.10.